The van der Waals surface area contributed by atoms with Gasteiger partial charge in [0, 0.05) is 25.1 Å². The third kappa shape index (κ3) is 5.90. The number of likely N-dealkylation sites (N-methyl/N-ethyl adjacent to an activating group) is 2. The minimum Gasteiger partial charge on any atom is -0.357 e. The molecule has 1 N–H and O–H groups in total. The SMILES string of the molecule is CNC(=O)C(C)N(Cc1cccc(Br)c1)C(=O)CN(C)S(=O)(=O)c1ccc(C)cc1. The van der Waals surface area contributed by atoms with E-state index >= 15 is 0 Å². The fraction of sp³-hybridized carbons (Fsp3) is 0.333. The molecule has 1 unspecified atom stereocenters. The van der Waals surface area contributed by atoms with Gasteiger partial charge in [0.05, 0.1) is 11.4 Å². The Bertz CT molecular complexity index is 1010. The lowest BCUT2D eigenvalue weighted by Crippen LogP contribution is -2.50. The second-order valence-corrected chi connectivity index (χ2v) is 9.98. The van der Waals surface area contributed by atoms with Gasteiger partial charge in [-0.05, 0) is 43.7 Å². The minimum absolute atomic E-state index is 0.112. The monoisotopic (exact) mass is 495 g/mol. The zero-order chi connectivity index (χ0) is 22.5. The molecule has 1 atom stereocenters. The van der Waals surface area contributed by atoms with E-state index in [1.165, 1.54) is 31.1 Å². The lowest BCUT2D eigenvalue weighted by molar-refractivity contribution is -0.140. The summed E-state index contributed by atoms with van der Waals surface area (Å²) >= 11 is 3.40. The predicted molar refractivity (Wildman–Crippen MR) is 119 cm³/mol. The highest BCUT2D eigenvalue weighted by Crippen LogP contribution is 2.18. The Morgan fingerprint density at radius 2 is 1.77 bits per heavy atom. The predicted octanol–water partition coefficient (Wildman–Crippen LogP) is 2.54. The number of rotatable bonds is 8. The van der Waals surface area contributed by atoms with Gasteiger partial charge >= 0.3 is 0 Å². The van der Waals surface area contributed by atoms with Crippen LogP contribution in [0.25, 0.3) is 0 Å². The summed E-state index contributed by atoms with van der Waals surface area (Å²) in [5.74, 6) is -0.799. The largest absolute Gasteiger partial charge is 0.357 e. The number of nitrogens with zero attached hydrogens (tertiary/aromatic N) is 2. The summed E-state index contributed by atoms with van der Waals surface area (Å²) in [6.45, 7) is 3.27. The Morgan fingerprint density at radius 3 is 2.33 bits per heavy atom. The van der Waals surface area contributed by atoms with Crippen molar-refractivity contribution in [3.8, 4) is 0 Å². The van der Waals surface area contributed by atoms with Gasteiger partial charge in [-0.25, -0.2) is 8.42 Å². The molecule has 0 saturated heterocycles. The average molecular weight is 496 g/mol. The highest BCUT2D eigenvalue weighted by molar-refractivity contribution is 9.10. The molecule has 9 heteroatoms. The van der Waals surface area contributed by atoms with Gasteiger partial charge in [0.25, 0.3) is 0 Å². The first kappa shape index (κ1) is 24.0. The number of benzene rings is 2. The molecule has 30 heavy (non-hydrogen) atoms. The summed E-state index contributed by atoms with van der Waals surface area (Å²) in [4.78, 5) is 26.8. The lowest BCUT2D eigenvalue weighted by atomic mass is 10.1. The topological polar surface area (TPSA) is 86.8 Å². The quantitative estimate of drug-likeness (QED) is 0.609. The molecule has 2 aromatic carbocycles. The van der Waals surface area contributed by atoms with Crippen LogP contribution in [0.4, 0.5) is 0 Å². The number of carbonyl (C=O) groups excluding carboxylic acids is 2. The maximum atomic E-state index is 13.1. The van der Waals surface area contributed by atoms with Crippen molar-refractivity contribution in [3.63, 3.8) is 0 Å². The molecule has 2 amide bonds. The Morgan fingerprint density at radius 1 is 1.13 bits per heavy atom. The van der Waals surface area contributed by atoms with E-state index in [0.717, 1.165) is 19.9 Å². The molecule has 0 radical (unpaired) electrons. The molecular formula is C21H26BrN3O4S. The van der Waals surface area contributed by atoms with Crippen molar-refractivity contribution in [2.45, 2.75) is 31.3 Å². The van der Waals surface area contributed by atoms with E-state index in [-0.39, 0.29) is 23.9 Å². The molecular weight excluding hydrogens is 470 g/mol. The van der Waals surface area contributed by atoms with E-state index in [1.807, 2.05) is 31.2 Å². The van der Waals surface area contributed by atoms with E-state index in [1.54, 1.807) is 19.1 Å². The van der Waals surface area contributed by atoms with Gasteiger partial charge in [-0.2, -0.15) is 4.31 Å². The normalized spacial score (nSPS) is 12.5. The highest BCUT2D eigenvalue weighted by atomic mass is 79.9. The first-order chi connectivity index (χ1) is 14.1. The summed E-state index contributed by atoms with van der Waals surface area (Å²) in [6, 6.07) is 13.1. The number of nitrogens with one attached hydrogen (secondary N) is 1. The van der Waals surface area contributed by atoms with Gasteiger partial charge in [0.2, 0.25) is 21.8 Å². The molecule has 0 aliphatic carbocycles. The molecule has 0 spiro atoms. The van der Waals surface area contributed by atoms with Crippen LogP contribution in [0.3, 0.4) is 0 Å². The Hall–Kier alpha value is -2.23. The number of sulfonamides is 1. The summed E-state index contributed by atoms with van der Waals surface area (Å²) < 4.78 is 27.5. The fourth-order valence-electron chi connectivity index (χ4n) is 2.88. The number of halogens is 1. The van der Waals surface area contributed by atoms with Crippen LogP contribution in [-0.4, -0.2) is 56.1 Å². The first-order valence-corrected chi connectivity index (χ1v) is 11.6. The van der Waals surface area contributed by atoms with Gasteiger partial charge in [0.15, 0.2) is 0 Å². The number of aryl methyl sites for hydroxylation is 1. The van der Waals surface area contributed by atoms with Crippen molar-refractivity contribution in [1.82, 2.24) is 14.5 Å². The van der Waals surface area contributed by atoms with Crippen LogP contribution >= 0.6 is 15.9 Å². The number of amides is 2. The van der Waals surface area contributed by atoms with Crippen LogP contribution in [0.1, 0.15) is 18.1 Å². The highest BCUT2D eigenvalue weighted by Gasteiger charge is 2.29. The zero-order valence-electron chi connectivity index (χ0n) is 17.4. The Kier molecular flexibility index (Phi) is 8.17. The molecule has 0 aromatic heterocycles. The van der Waals surface area contributed by atoms with Crippen molar-refractivity contribution in [3.05, 3.63) is 64.1 Å². The number of carbonyl (C=O) groups is 2. The third-order valence-electron chi connectivity index (χ3n) is 4.74. The third-order valence-corrected chi connectivity index (χ3v) is 7.05. The molecule has 0 bridgehead atoms. The summed E-state index contributed by atoms with van der Waals surface area (Å²) in [6.07, 6.45) is 0. The second kappa shape index (κ2) is 10.2. The van der Waals surface area contributed by atoms with Crippen LogP contribution in [-0.2, 0) is 26.2 Å². The van der Waals surface area contributed by atoms with Crippen LogP contribution < -0.4 is 5.32 Å². The summed E-state index contributed by atoms with van der Waals surface area (Å²) in [5.41, 5.74) is 1.75. The van der Waals surface area contributed by atoms with Crippen molar-refractivity contribution < 1.29 is 18.0 Å². The van der Waals surface area contributed by atoms with E-state index in [9.17, 15) is 18.0 Å². The van der Waals surface area contributed by atoms with Crippen LogP contribution in [0.5, 0.6) is 0 Å². The van der Waals surface area contributed by atoms with Crippen LogP contribution in [0.15, 0.2) is 57.9 Å². The van der Waals surface area contributed by atoms with Crippen LogP contribution in [0, 0.1) is 6.92 Å². The number of hydrogen-bond acceptors (Lipinski definition) is 4. The summed E-state index contributed by atoms with van der Waals surface area (Å²) in [7, 11) is -0.987. The zero-order valence-corrected chi connectivity index (χ0v) is 19.8. The smallest absolute Gasteiger partial charge is 0.243 e. The molecule has 2 rings (SSSR count). The van der Waals surface area contributed by atoms with Gasteiger partial charge in [0.1, 0.15) is 6.04 Å². The van der Waals surface area contributed by atoms with E-state index < -0.39 is 22.0 Å². The van der Waals surface area contributed by atoms with Crippen molar-refractivity contribution in [1.29, 1.82) is 0 Å². The van der Waals surface area contributed by atoms with Crippen LogP contribution in [0.2, 0.25) is 0 Å². The van der Waals surface area contributed by atoms with Crippen molar-refractivity contribution in [2.75, 3.05) is 20.6 Å². The molecule has 7 nitrogen and oxygen atoms in total. The van der Waals surface area contributed by atoms with E-state index in [0.29, 0.717) is 0 Å². The van der Waals surface area contributed by atoms with Crippen molar-refractivity contribution in [2.24, 2.45) is 0 Å². The molecule has 162 valence electrons. The maximum absolute atomic E-state index is 13.1. The number of hydrogen-bond donors (Lipinski definition) is 1. The molecule has 2 aromatic rings. The molecule has 0 heterocycles. The maximum Gasteiger partial charge on any atom is 0.243 e. The molecule has 0 aliphatic heterocycles. The standard InChI is InChI=1S/C21H26BrN3O4S/c1-15-8-10-19(11-9-15)30(28,29)24(4)14-20(26)25(16(2)21(27)23-3)13-17-6-5-7-18(22)12-17/h5-12,16H,13-14H2,1-4H3,(H,23,27). The first-order valence-electron chi connectivity index (χ1n) is 9.34. The molecule has 0 aliphatic rings. The second-order valence-electron chi connectivity index (χ2n) is 7.02. The fourth-order valence-corrected chi connectivity index (χ4v) is 4.45. The molecule has 0 fully saturated rings. The average Bonchev–Trinajstić information content (AvgIpc) is 2.71. The van der Waals surface area contributed by atoms with Crippen molar-refractivity contribution >= 4 is 37.8 Å². The van der Waals surface area contributed by atoms with E-state index in [4.69, 9.17) is 0 Å². The Balaban J connectivity index is 2.26. The lowest BCUT2D eigenvalue weighted by Gasteiger charge is -2.30. The molecule has 0 saturated carbocycles. The Labute approximate surface area is 186 Å². The van der Waals surface area contributed by atoms with E-state index in [2.05, 4.69) is 21.2 Å². The van der Waals surface area contributed by atoms with Gasteiger partial charge < -0.3 is 10.2 Å². The summed E-state index contributed by atoms with van der Waals surface area (Å²) in [5, 5.41) is 2.54. The van der Waals surface area contributed by atoms with Gasteiger partial charge in [-0.3, -0.25) is 9.59 Å². The van der Waals surface area contributed by atoms with Gasteiger partial charge in [-0.1, -0.05) is 45.8 Å². The minimum atomic E-state index is -3.84. The van der Waals surface area contributed by atoms with Gasteiger partial charge in [-0.15, -0.1) is 0 Å².